The summed E-state index contributed by atoms with van der Waals surface area (Å²) < 4.78 is 348. The van der Waals surface area contributed by atoms with Crippen molar-refractivity contribution < 1.29 is 124 Å². The van der Waals surface area contributed by atoms with Gasteiger partial charge in [0.25, 0.3) is 0 Å². The number of carbonyl (C=O) groups is 2. The zero-order valence-corrected chi connectivity index (χ0v) is 39.4. The minimum Gasteiger partial charge on any atom is -0.419 e. The SMILES string of the molecule is FC(F)(F)c1cc([B-](c2cc(C(F)(F)F)cc(C(F)(F)F)c2)(c2cc(C(F)(F)F)cc(C(F)(F)F)c2)c2cc(C(F)(F)F)cc(C(F)(F)F)c2)cc(C(F)(F)F)c1.O=C(C[n+]1ccncc1C(=O)Oc1ccccc1)c1ccccc1. The lowest BCUT2D eigenvalue weighted by atomic mass is 9.12. The van der Waals surface area contributed by atoms with E-state index in [2.05, 4.69) is 4.98 Å². The number of nitrogens with zero attached hydrogens (tertiary/aromatic N) is 2. The van der Waals surface area contributed by atoms with Crippen LogP contribution in [0.5, 0.6) is 5.75 Å². The second-order valence-corrected chi connectivity index (χ2v) is 17.3. The highest BCUT2D eigenvalue weighted by Gasteiger charge is 2.47. The largest absolute Gasteiger partial charge is 0.419 e. The van der Waals surface area contributed by atoms with Crippen LogP contribution in [0.15, 0.2) is 152 Å². The number of ketones is 1. The lowest BCUT2D eigenvalue weighted by Crippen LogP contribution is -2.75. The summed E-state index contributed by atoms with van der Waals surface area (Å²) in [6.07, 6.45) is -50.3. The van der Waals surface area contributed by atoms with E-state index >= 15 is 0 Å². The fraction of sp³-hybridized carbons (Fsp3) is 0.176. The van der Waals surface area contributed by atoms with E-state index in [1.807, 2.05) is 12.1 Å². The van der Waals surface area contributed by atoms with Crippen LogP contribution in [0.4, 0.5) is 105 Å². The van der Waals surface area contributed by atoms with Gasteiger partial charge in [0.2, 0.25) is 12.3 Å². The highest BCUT2D eigenvalue weighted by atomic mass is 19.4. The monoisotopic (exact) mass is 1180 g/mol. The van der Waals surface area contributed by atoms with Crippen molar-refractivity contribution in [1.29, 1.82) is 0 Å². The molecule has 0 fully saturated rings. The average Bonchev–Trinajstić information content (AvgIpc) is 3.56. The second kappa shape index (κ2) is 22.1. The van der Waals surface area contributed by atoms with Crippen LogP contribution in [0, 0.1) is 0 Å². The van der Waals surface area contributed by atoms with E-state index in [4.69, 9.17) is 4.74 Å². The Balaban J connectivity index is 0.000000363. The van der Waals surface area contributed by atoms with Crippen molar-refractivity contribution in [1.82, 2.24) is 4.98 Å². The van der Waals surface area contributed by atoms with E-state index < -0.39 is 201 Å². The average molecular weight is 1180 g/mol. The molecule has 1 aromatic heterocycles. The zero-order valence-electron chi connectivity index (χ0n) is 39.4. The zero-order chi connectivity index (χ0) is 60.7. The fourth-order valence-electron chi connectivity index (χ4n) is 8.28. The van der Waals surface area contributed by atoms with E-state index in [0.717, 1.165) is 0 Å². The smallest absolute Gasteiger partial charge is 0.416 e. The molecule has 0 saturated heterocycles. The van der Waals surface area contributed by atoms with Gasteiger partial charge in [-0.25, -0.2) is 4.79 Å². The normalized spacial score (nSPS) is 13.1. The summed E-state index contributed by atoms with van der Waals surface area (Å²) >= 11 is 0. The van der Waals surface area contributed by atoms with Crippen molar-refractivity contribution >= 4 is 39.7 Å². The van der Waals surface area contributed by atoms with Crippen LogP contribution in [0.1, 0.15) is 65.4 Å². The van der Waals surface area contributed by atoms with Crippen molar-refractivity contribution in [2.75, 3.05) is 0 Å². The summed E-state index contributed by atoms with van der Waals surface area (Å²) in [5, 5.41) is 0. The molecule has 6 aromatic carbocycles. The first-order chi connectivity index (χ1) is 37.0. The van der Waals surface area contributed by atoms with E-state index in [9.17, 15) is 115 Å². The van der Waals surface area contributed by atoms with Gasteiger partial charge >= 0.3 is 61.1 Å². The van der Waals surface area contributed by atoms with E-state index in [1.54, 1.807) is 54.7 Å². The van der Waals surface area contributed by atoms with Crippen LogP contribution < -0.4 is 31.2 Å². The number of carbonyl (C=O) groups excluding carboxylic acids is 2. The van der Waals surface area contributed by atoms with Crippen molar-refractivity contribution in [2.45, 2.75) is 56.0 Å². The highest BCUT2D eigenvalue weighted by Crippen LogP contribution is 2.41. The van der Waals surface area contributed by atoms with Gasteiger partial charge < -0.3 is 4.74 Å². The first kappa shape index (κ1) is 62.1. The molecule has 0 aliphatic heterocycles. The lowest BCUT2D eigenvalue weighted by Gasteiger charge is -2.46. The third-order valence-electron chi connectivity index (χ3n) is 11.9. The van der Waals surface area contributed by atoms with Gasteiger partial charge in [0.15, 0.2) is 6.20 Å². The molecule has 0 bridgehead atoms. The van der Waals surface area contributed by atoms with Crippen molar-refractivity contribution in [3.05, 3.63) is 208 Å². The van der Waals surface area contributed by atoms with Gasteiger partial charge in [-0.2, -0.15) is 132 Å². The molecule has 0 atom stereocenters. The number of Topliss-reactive ketones (excluding diaryl/α,β-unsaturated/α-hetero) is 1. The maximum Gasteiger partial charge on any atom is 0.416 e. The Kier molecular flexibility index (Phi) is 17.0. The van der Waals surface area contributed by atoms with Gasteiger partial charge in [-0.1, -0.05) is 97.1 Å². The number of para-hydroxylation sites is 1. The summed E-state index contributed by atoms with van der Waals surface area (Å²) in [4.78, 5) is 28.7. The molecule has 0 aliphatic rings. The van der Waals surface area contributed by atoms with Gasteiger partial charge in [0, 0.05) is 5.56 Å². The molecule has 1 heterocycles. The Hall–Kier alpha value is -8.08. The molecule has 0 aliphatic carbocycles. The predicted molar refractivity (Wildman–Crippen MR) is 237 cm³/mol. The topological polar surface area (TPSA) is 60.1 Å². The number of halogens is 24. The molecule has 0 spiro atoms. The van der Waals surface area contributed by atoms with E-state index in [-0.39, 0.29) is 18.0 Å². The molecule has 30 heteroatoms. The Bertz CT molecular complexity index is 2980. The number of rotatable bonds is 9. The third-order valence-corrected chi connectivity index (χ3v) is 11.9. The quantitative estimate of drug-likeness (QED) is 0.0361. The molecule has 430 valence electrons. The van der Waals surface area contributed by atoms with Gasteiger partial charge in [0.05, 0.1) is 50.7 Å². The number of aromatic nitrogens is 2. The fourth-order valence-corrected chi connectivity index (χ4v) is 8.28. The summed E-state index contributed by atoms with van der Waals surface area (Å²) in [5.41, 5.74) is -29.4. The van der Waals surface area contributed by atoms with Crippen molar-refractivity contribution in [3.8, 4) is 5.75 Å². The molecule has 7 rings (SSSR count). The minimum absolute atomic E-state index is 0.0335. The molecule has 81 heavy (non-hydrogen) atoms. The van der Waals surface area contributed by atoms with Crippen LogP contribution in [0.3, 0.4) is 0 Å². The lowest BCUT2D eigenvalue weighted by molar-refractivity contribution is -0.686. The van der Waals surface area contributed by atoms with Crippen LogP contribution in [0.25, 0.3) is 0 Å². The second-order valence-electron chi connectivity index (χ2n) is 17.3. The van der Waals surface area contributed by atoms with Crippen LogP contribution in [-0.4, -0.2) is 22.9 Å². The maximum atomic E-state index is 14.2. The van der Waals surface area contributed by atoms with Gasteiger partial charge in [-0.3, -0.25) is 9.78 Å². The summed E-state index contributed by atoms with van der Waals surface area (Å²) in [6.45, 7) is 0.0335. The molecule has 0 saturated carbocycles. The summed E-state index contributed by atoms with van der Waals surface area (Å²) in [5.74, 6) is -0.219. The molecule has 5 nitrogen and oxygen atoms in total. The number of esters is 1. The molecular weight excluding hydrogens is 1160 g/mol. The van der Waals surface area contributed by atoms with E-state index in [1.165, 1.54) is 17.0 Å². The Labute approximate surface area is 438 Å². The van der Waals surface area contributed by atoms with Gasteiger partial charge in [-0.15, -0.1) is 0 Å². The molecular formula is C51H27BF24N2O3. The predicted octanol–water partition coefficient (Wildman–Crippen LogP) is 13.7. The first-order valence-corrected chi connectivity index (χ1v) is 22.0. The van der Waals surface area contributed by atoms with Crippen molar-refractivity contribution in [2.24, 2.45) is 0 Å². The minimum atomic E-state index is -6.13. The number of ether oxygens (including phenoxy) is 1. The van der Waals surface area contributed by atoms with Crippen LogP contribution in [0.2, 0.25) is 0 Å². The van der Waals surface area contributed by atoms with E-state index in [0.29, 0.717) is 11.3 Å². The summed E-state index contributed by atoms with van der Waals surface area (Å²) in [7, 11) is 0. The van der Waals surface area contributed by atoms with Crippen LogP contribution in [-0.2, 0) is 56.0 Å². The summed E-state index contributed by atoms with van der Waals surface area (Å²) in [6, 6.07) is 8.88. The molecule has 0 radical (unpaired) electrons. The maximum absolute atomic E-state index is 14.2. The van der Waals surface area contributed by atoms with Crippen LogP contribution >= 0.6 is 0 Å². The molecule has 0 amide bonds. The number of benzene rings is 6. The Morgan fingerprint density at radius 3 is 0.938 bits per heavy atom. The third kappa shape index (κ3) is 14.7. The first-order valence-electron chi connectivity index (χ1n) is 22.0. The number of hydrogen-bond acceptors (Lipinski definition) is 4. The molecule has 7 aromatic rings. The Morgan fingerprint density at radius 1 is 0.395 bits per heavy atom. The Morgan fingerprint density at radius 2 is 0.667 bits per heavy atom. The van der Waals surface area contributed by atoms with Gasteiger partial charge in [-0.05, 0) is 36.4 Å². The molecule has 0 unspecified atom stereocenters. The highest BCUT2D eigenvalue weighted by molar-refractivity contribution is 7.20. The number of alkyl halides is 24. The van der Waals surface area contributed by atoms with Gasteiger partial charge in [0.1, 0.15) is 18.1 Å². The van der Waals surface area contributed by atoms with Crippen molar-refractivity contribution in [3.63, 3.8) is 0 Å². The standard InChI is InChI=1S/C32H12BF24.C19H15N2O3/c34-25(35,36)13-1-14(26(37,38)39)6-21(5-13)33(22-7-15(27(40,41)42)2-16(8-22)28(43,44)45,23-9-17(29(46,47)48)3-18(10-23)30(49,50)51)24-11-19(31(52,53)54)4-20(12-24)32(55,56)57;22-18(15-7-3-1-4-8-15)14-21-12-11-20-13-17(21)19(23)24-16-9-5-2-6-10-16/h1-12H;1-13H,14H2/q-1;+1. The molecule has 0 N–H and O–H groups in total. The number of hydrogen-bond donors (Lipinski definition) is 0.